The first-order chi connectivity index (χ1) is 9.21. The molecule has 0 aliphatic carbocycles. The molecule has 0 spiro atoms. The number of aromatic carboxylic acids is 1. The molecule has 0 amide bonds. The fraction of sp³-hybridized carbons (Fsp3) is 0.273. The molecule has 0 unspecified atom stereocenters. The van der Waals surface area contributed by atoms with Gasteiger partial charge in [0, 0.05) is 20.0 Å². The maximum Gasteiger partial charge on any atom is 0.337 e. The average molecular weight is 321 g/mol. The van der Waals surface area contributed by atoms with E-state index >= 15 is 0 Å². The van der Waals surface area contributed by atoms with Gasteiger partial charge < -0.3 is 5.11 Å². The van der Waals surface area contributed by atoms with Crippen LogP contribution < -0.4 is 0 Å². The smallest absolute Gasteiger partial charge is 0.337 e. The minimum atomic E-state index is -4.09. The highest BCUT2D eigenvalue weighted by Gasteiger charge is 2.25. The van der Waals surface area contributed by atoms with Crippen molar-refractivity contribution in [2.45, 2.75) is 11.3 Å². The summed E-state index contributed by atoms with van der Waals surface area (Å²) in [6, 6.07) is 3.21. The Hall–Kier alpha value is -1.69. The second-order valence-corrected chi connectivity index (χ2v) is 6.23. The first-order valence-corrected chi connectivity index (χ1v) is 7.09. The van der Waals surface area contributed by atoms with Crippen LogP contribution in [0.2, 0.25) is 5.02 Å². The van der Waals surface area contributed by atoms with Crippen molar-refractivity contribution in [2.24, 2.45) is 0 Å². The standard InChI is InChI=1S/C11H10ClFN2O4S/c1-15(4-2-3-14)20(18,19)7-5-8(11(16)17)10(12)9(13)6-7/h5-6H,2,4H2,1H3,(H,16,17). The second-order valence-electron chi connectivity index (χ2n) is 3.81. The largest absolute Gasteiger partial charge is 0.478 e. The van der Waals surface area contributed by atoms with Crippen molar-refractivity contribution in [3.05, 3.63) is 28.5 Å². The van der Waals surface area contributed by atoms with E-state index in [2.05, 4.69) is 0 Å². The van der Waals surface area contributed by atoms with Gasteiger partial charge >= 0.3 is 5.97 Å². The summed E-state index contributed by atoms with van der Waals surface area (Å²) in [6.07, 6.45) is -0.0441. The van der Waals surface area contributed by atoms with Crippen molar-refractivity contribution >= 4 is 27.6 Å². The second kappa shape index (κ2) is 6.17. The number of hydrogen-bond acceptors (Lipinski definition) is 4. The van der Waals surface area contributed by atoms with Gasteiger partial charge in [-0.1, -0.05) is 11.6 Å². The Bertz CT molecular complexity index is 684. The van der Waals surface area contributed by atoms with Gasteiger partial charge in [-0.3, -0.25) is 0 Å². The number of carbonyl (C=O) groups is 1. The summed E-state index contributed by atoms with van der Waals surface area (Å²) in [4.78, 5) is 10.4. The molecule has 0 aliphatic heterocycles. The van der Waals surface area contributed by atoms with Gasteiger partial charge in [0.1, 0.15) is 5.82 Å². The van der Waals surface area contributed by atoms with Crippen LogP contribution in [-0.2, 0) is 10.0 Å². The molecule has 0 atom stereocenters. The van der Waals surface area contributed by atoms with Crippen molar-refractivity contribution in [1.82, 2.24) is 4.31 Å². The maximum absolute atomic E-state index is 13.5. The van der Waals surface area contributed by atoms with E-state index in [1.807, 2.05) is 0 Å². The Labute approximate surface area is 120 Å². The average Bonchev–Trinajstić information content (AvgIpc) is 2.38. The first kappa shape index (κ1) is 16.4. The number of halogens is 2. The zero-order chi connectivity index (χ0) is 15.5. The summed E-state index contributed by atoms with van der Waals surface area (Å²) in [6.45, 7) is -0.0918. The fourth-order valence-corrected chi connectivity index (χ4v) is 2.78. The molecule has 1 aromatic carbocycles. The zero-order valence-electron chi connectivity index (χ0n) is 10.3. The van der Waals surface area contributed by atoms with Crippen LogP contribution in [-0.4, -0.2) is 37.4 Å². The molecule has 1 aromatic rings. The monoisotopic (exact) mass is 320 g/mol. The van der Waals surface area contributed by atoms with E-state index in [0.29, 0.717) is 6.07 Å². The first-order valence-electron chi connectivity index (χ1n) is 5.27. The third-order valence-corrected chi connectivity index (χ3v) is 4.70. The minimum absolute atomic E-state index is 0.0441. The van der Waals surface area contributed by atoms with Gasteiger partial charge in [0.05, 0.1) is 21.6 Å². The van der Waals surface area contributed by atoms with Crippen LogP contribution in [0.5, 0.6) is 0 Å². The maximum atomic E-state index is 13.5. The number of benzene rings is 1. The molecule has 0 aromatic heterocycles. The summed E-state index contributed by atoms with van der Waals surface area (Å²) in [7, 11) is -2.88. The van der Waals surface area contributed by atoms with Crippen LogP contribution in [0.4, 0.5) is 4.39 Å². The molecule has 9 heteroatoms. The molecule has 0 saturated carbocycles. The van der Waals surface area contributed by atoms with E-state index in [9.17, 15) is 17.6 Å². The van der Waals surface area contributed by atoms with Crippen LogP contribution >= 0.6 is 11.6 Å². The van der Waals surface area contributed by atoms with Gasteiger partial charge in [-0.15, -0.1) is 0 Å². The molecule has 0 heterocycles. The highest BCUT2D eigenvalue weighted by Crippen LogP contribution is 2.26. The quantitative estimate of drug-likeness (QED) is 0.890. The predicted molar refractivity (Wildman–Crippen MR) is 68.4 cm³/mol. The predicted octanol–water partition coefficient (Wildman–Crippen LogP) is 1.71. The molecular weight excluding hydrogens is 311 g/mol. The van der Waals surface area contributed by atoms with Crippen LogP contribution in [0, 0.1) is 17.1 Å². The van der Waals surface area contributed by atoms with Crippen molar-refractivity contribution < 1.29 is 22.7 Å². The third kappa shape index (κ3) is 3.25. The number of nitrogens with zero attached hydrogens (tertiary/aromatic N) is 2. The minimum Gasteiger partial charge on any atom is -0.478 e. The van der Waals surface area contributed by atoms with Gasteiger partial charge in [0.2, 0.25) is 10.0 Å². The fourth-order valence-electron chi connectivity index (χ4n) is 1.38. The summed E-state index contributed by atoms with van der Waals surface area (Å²) in [5.74, 6) is -2.68. The van der Waals surface area contributed by atoms with Crippen molar-refractivity contribution in [2.75, 3.05) is 13.6 Å². The number of carboxylic acids is 1. The van der Waals surface area contributed by atoms with E-state index in [0.717, 1.165) is 10.4 Å². The number of hydrogen-bond donors (Lipinski definition) is 1. The Balaban J connectivity index is 3.33. The summed E-state index contributed by atoms with van der Waals surface area (Å²) < 4.78 is 38.5. The van der Waals surface area contributed by atoms with E-state index < -0.39 is 37.3 Å². The highest BCUT2D eigenvalue weighted by atomic mass is 35.5. The van der Waals surface area contributed by atoms with E-state index in [-0.39, 0.29) is 13.0 Å². The summed E-state index contributed by atoms with van der Waals surface area (Å²) in [5.41, 5.74) is -0.640. The molecule has 6 nitrogen and oxygen atoms in total. The van der Waals surface area contributed by atoms with Crippen LogP contribution in [0.15, 0.2) is 17.0 Å². The topological polar surface area (TPSA) is 98.5 Å². The number of nitriles is 1. The lowest BCUT2D eigenvalue weighted by atomic mass is 10.2. The lowest BCUT2D eigenvalue weighted by molar-refractivity contribution is 0.0696. The zero-order valence-corrected chi connectivity index (χ0v) is 11.9. The van der Waals surface area contributed by atoms with Crippen LogP contribution in [0.1, 0.15) is 16.8 Å². The SMILES string of the molecule is CN(CCC#N)S(=O)(=O)c1cc(F)c(Cl)c(C(=O)O)c1. The van der Waals surface area contributed by atoms with Crippen molar-refractivity contribution in [3.63, 3.8) is 0 Å². The summed E-state index contributed by atoms with van der Waals surface area (Å²) in [5, 5.41) is 16.6. The van der Waals surface area contributed by atoms with Crippen molar-refractivity contribution in [1.29, 1.82) is 5.26 Å². The lowest BCUT2D eigenvalue weighted by Gasteiger charge is -2.16. The van der Waals surface area contributed by atoms with Crippen LogP contribution in [0.25, 0.3) is 0 Å². The number of sulfonamides is 1. The molecular formula is C11H10ClFN2O4S. The van der Waals surface area contributed by atoms with Gasteiger partial charge in [-0.05, 0) is 12.1 Å². The third-order valence-electron chi connectivity index (χ3n) is 2.48. The summed E-state index contributed by atoms with van der Waals surface area (Å²) >= 11 is 5.47. The highest BCUT2D eigenvalue weighted by molar-refractivity contribution is 7.89. The normalized spacial score (nSPS) is 11.3. The molecule has 0 fully saturated rings. The van der Waals surface area contributed by atoms with E-state index in [4.69, 9.17) is 22.0 Å². The molecule has 1 N–H and O–H groups in total. The Morgan fingerprint density at radius 3 is 2.65 bits per heavy atom. The molecule has 20 heavy (non-hydrogen) atoms. The lowest BCUT2D eigenvalue weighted by Crippen LogP contribution is -2.28. The molecule has 0 saturated heterocycles. The molecule has 0 aliphatic rings. The Morgan fingerprint density at radius 2 is 2.15 bits per heavy atom. The molecule has 1 rings (SSSR count). The Kier molecular flexibility index (Phi) is 5.05. The Morgan fingerprint density at radius 1 is 1.55 bits per heavy atom. The number of rotatable bonds is 5. The molecule has 0 bridgehead atoms. The van der Waals surface area contributed by atoms with Crippen LogP contribution in [0.3, 0.4) is 0 Å². The van der Waals surface area contributed by atoms with Gasteiger partial charge in [-0.25, -0.2) is 17.6 Å². The van der Waals surface area contributed by atoms with Gasteiger partial charge in [-0.2, -0.15) is 9.57 Å². The van der Waals surface area contributed by atoms with Gasteiger partial charge in [0.15, 0.2) is 0 Å². The molecule has 108 valence electrons. The van der Waals surface area contributed by atoms with Gasteiger partial charge in [0.25, 0.3) is 0 Å². The van der Waals surface area contributed by atoms with E-state index in [1.54, 1.807) is 6.07 Å². The number of carboxylic acid groups (broad SMARTS) is 1. The van der Waals surface area contributed by atoms with E-state index in [1.165, 1.54) is 7.05 Å². The molecule has 0 radical (unpaired) electrons. The van der Waals surface area contributed by atoms with Crippen molar-refractivity contribution in [3.8, 4) is 6.07 Å².